The summed E-state index contributed by atoms with van der Waals surface area (Å²) in [7, 11) is 0. The molecule has 1 nitrogen and oxygen atoms in total. The van der Waals surface area contributed by atoms with Gasteiger partial charge in [0.25, 0.3) is 0 Å². The zero-order valence-corrected chi connectivity index (χ0v) is 10.9. The fraction of sp³-hybridized carbons (Fsp3) is 0.111. The van der Waals surface area contributed by atoms with Gasteiger partial charge >= 0.3 is 0 Å². The molecule has 0 fully saturated rings. The number of hydrogen-bond acceptors (Lipinski definition) is 1. The molecule has 0 spiro atoms. The van der Waals surface area contributed by atoms with Crippen molar-refractivity contribution in [3.05, 3.63) is 66.0 Å². The molecular weight excluding hydrogens is 251 g/mol. The second-order valence-corrected chi connectivity index (χ2v) is 5.07. The van der Waals surface area contributed by atoms with Gasteiger partial charge in [0.05, 0.1) is 0 Å². The van der Waals surface area contributed by atoms with Crippen LogP contribution < -0.4 is 0 Å². The van der Waals surface area contributed by atoms with Gasteiger partial charge in [-0.3, -0.25) is 0 Å². The van der Waals surface area contributed by atoms with Gasteiger partial charge in [-0.1, -0.05) is 36.4 Å². The van der Waals surface area contributed by atoms with Gasteiger partial charge in [-0.05, 0) is 42.2 Å². The van der Waals surface area contributed by atoms with Crippen molar-refractivity contribution in [2.75, 3.05) is 0 Å². The van der Waals surface area contributed by atoms with E-state index in [0.29, 0.717) is 5.58 Å². The SMILES string of the molecule is Fc1cccc2c1oc1ccc(C3=CCCC=C3)cc12. The molecule has 1 heterocycles. The largest absolute Gasteiger partial charge is 0.453 e. The first kappa shape index (κ1) is 11.5. The van der Waals surface area contributed by atoms with Gasteiger partial charge in [-0.25, -0.2) is 4.39 Å². The highest BCUT2D eigenvalue weighted by Crippen LogP contribution is 2.33. The Bertz CT molecular complexity index is 868. The third-order valence-electron chi connectivity index (χ3n) is 3.78. The van der Waals surface area contributed by atoms with E-state index in [4.69, 9.17) is 4.42 Å². The van der Waals surface area contributed by atoms with E-state index in [9.17, 15) is 4.39 Å². The van der Waals surface area contributed by atoms with E-state index in [1.54, 1.807) is 6.07 Å². The third-order valence-corrected chi connectivity index (χ3v) is 3.78. The summed E-state index contributed by atoms with van der Waals surface area (Å²) in [5.41, 5.74) is 3.45. The van der Waals surface area contributed by atoms with E-state index < -0.39 is 0 Å². The molecule has 0 saturated heterocycles. The topological polar surface area (TPSA) is 13.1 Å². The fourth-order valence-corrected chi connectivity index (χ4v) is 2.77. The van der Waals surface area contributed by atoms with Gasteiger partial charge in [0.1, 0.15) is 5.58 Å². The minimum absolute atomic E-state index is 0.308. The van der Waals surface area contributed by atoms with Crippen molar-refractivity contribution in [2.45, 2.75) is 12.8 Å². The Hall–Kier alpha value is -2.35. The van der Waals surface area contributed by atoms with Crippen molar-refractivity contribution < 1.29 is 8.81 Å². The first-order valence-corrected chi connectivity index (χ1v) is 6.81. The molecule has 1 aliphatic rings. The van der Waals surface area contributed by atoms with E-state index in [-0.39, 0.29) is 5.82 Å². The average Bonchev–Trinajstić information content (AvgIpc) is 2.88. The molecule has 1 aliphatic carbocycles. The van der Waals surface area contributed by atoms with Crippen molar-refractivity contribution in [3.8, 4) is 0 Å². The second-order valence-electron chi connectivity index (χ2n) is 5.07. The van der Waals surface area contributed by atoms with Crippen LogP contribution in [-0.4, -0.2) is 0 Å². The minimum atomic E-state index is -0.308. The lowest BCUT2D eigenvalue weighted by Crippen LogP contribution is -1.85. The monoisotopic (exact) mass is 264 g/mol. The molecule has 0 saturated carbocycles. The predicted molar refractivity (Wildman–Crippen MR) is 80.0 cm³/mol. The Morgan fingerprint density at radius 3 is 2.80 bits per heavy atom. The highest BCUT2D eigenvalue weighted by molar-refractivity contribution is 6.06. The highest BCUT2D eigenvalue weighted by atomic mass is 19.1. The van der Waals surface area contributed by atoms with Gasteiger partial charge in [-0.2, -0.15) is 0 Å². The van der Waals surface area contributed by atoms with E-state index >= 15 is 0 Å². The molecule has 3 aromatic rings. The van der Waals surface area contributed by atoms with Gasteiger partial charge in [0.15, 0.2) is 11.4 Å². The van der Waals surface area contributed by atoms with Crippen molar-refractivity contribution in [1.82, 2.24) is 0 Å². The molecule has 2 aromatic carbocycles. The van der Waals surface area contributed by atoms with Crippen LogP contribution in [0.15, 0.2) is 59.0 Å². The van der Waals surface area contributed by atoms with Crippen LogP contribution in [-0.2, 0) is 0 Å². The molecular formula is C18H13FO. The number of rotatable bonds is 1. The van der Waals surface area contributed by atoms with E-state index in [1.807, 2.05) is 18.2 Å². The fourth-order valence-electron chi connectivity index (χ4n) is 2.77. The van der Waals surface area contributed by atoms with Crippen molar-refractivity contribution in [3.63, 3.8) is 0 Å². The molecule has 98 valence electrons. The summed E-state index contributed by atoms with van der Waals surface area (Å²) in [6.07, 6.45) is 8.75. The number of furan rings is 1. The van der Waals surface area contributed by atoms with Crippen LogP contribution in [0.2, 0.25) is 0 Å². The summed E-state index contributed by atoms with van der Waals surface area (Å²) in [6, 6.07) is 11.1. The predicted octanol–water partition coefficient (Wildman–Crippen LogP) is 5.46. The molecule has 1 aromatic heterocycles. The highest BCUT2D eigenvalue weighted by Gasteiger charge is 2.11. The first-order valence-electron chi connectivity index (χ1n) is 6.81. The smallest absolute Gasteiger partial charge is 0.171 e. The van der Waals surface area contributed by atoms with E-state index in [2.05, 4.69) is 24.3 Å². The maximum atomic E-state index is 13.8. The average molecular weight is 264 g/mol. The van der Waals surface area contributed by atoms with Gasteiger partial charge in [-0.15, -0.1) is 0 Å². The number of para-hydroxylation sites is 1. The maximum Gasteiger partial charge on any atom is 0.171 e. The Kier molecular flexibility index (Phi) is 2.49. The van der Waals surface area contributed by atoms with Gasteiger partial charge < -0.3 is 4.42 Å². The number of allylic oxidation sites excluding steroid dienone is 4. The number of halogens is 1. The molecule has 0 unspecified atom stereocenters. The molecule has 20 heavy (non-hydrogen) atoms. The zero-order valence-electron chi connectivity index (χ0n) is 10.9. The molecule has 0 aliphatic heterocycles. The molecule has 4 rings (SSSR count). The van der Waals surface area contributed by atoms with Crippen molar-refractivity contribution >= 4 is 27.5 Å². The molecule has 2 heteroatoms. The van der Waals surface area contributed by atoms with Crippen LogP contribution in [0, 0.1) is 5.82 Å². The Morgan fingerprint density at radius 1 is 1.00 bits per heavy atom. The van der Waals surface area contributed by atoms with Crippen LogP contribution in [0.4, 0.5) is 4.39 Å². The summed E-state index contributed by atoms with van der Waals surface area (Å²) >= 11 is 0. The zero-order chi connectivity index (χ0) is 13.5. The summed E-state index contributed by atoms with van der Waals surface area (Å²) < 4.78 is 19.4. The van der Waals surface area contributed by atoms with Crippen molar-refractivity contribution in [1.29, 1.82) is 0 Å². The standard InChI is InChI=1S/C18H13FO/c19-16-8-4-7-14-15-11-13(12-5-2-1-3-6-12)9-10-17(15)20-18(14)16/h2,4-11H,1,3H2. The summed E-state index contributed by atoms with van der Waals surface area (Å²) in [6.45, 7) is 0. The molecule has 0 bridgehead atoms. The van der Waals surface area contributed by atoms with Crippen LogP contribution >= 0.6 is 0 Å². The summed E-state index contributed by atoms with van der Waals surface area (Å²) in [5, 5.41) is 1.80. The lowest BCUT2D eigenvalue weighted by Gasteiger charge is -2.06. The maximum absolute atomic E-state index is 13.8. The normalized spacial score (nSPS) is 14.9. The van der Waals surface area contributed by atoms with Crippen LogP contribution in [0.3, 0.4) is 0 Å². The van der Waals surface area contributed by atoms with Gasteiger partial charge in [0, 0.05) is 10.8 Å². The lowest BCUT2D eigenvalue weighted by molar-refractivity contribution is 0.584. The molecule has 0 atom stereocenters. The summed E-state index contributed by atoms with van der Waals surface area (Å²) in [5.74, 6) is -0.308. The third kappa shape index (κ3) is 1.68. The van der Waals surface area contributed by atoms with Crippen LogP contribution in [0.1, 0.15) is 18.4 Å². The number of benzene rings is 2. The van der Waals surface area contributed by atoms with Crippen LogP contribution in [0.5, 0.6) is 0 Å². The Balaban J connectivity index is 1.98. The molecule has 0 amide bonds. The van der Waals surface area contributed by atoms with E-state index in [0.717, 1.165) is 34.8 Å². The summed E-state index contributed by atoms with van der Waals surface area (Å²) in [4.78, 5) is 0. The number of fused-ring (bicyclic) bond motifs is 3. The van der Waals surface area contributed by atoms with Crippen molar-refractivity contribution in [2.24, 2.45) is 0 Å². The quantitative estimate of drug-likeness (QED) is 0.569. The Morgan fingerprint density at radius 2 is 1.95 bits per heavy atom. The first-order chi connectivity index (χ1) is 9.83. The van der Waals surface area contributed by atoms with Gasteiger partial charge in [0.2, 0.25) is 0 Å². The molecule has 0 radical (unpaired) electrons. The minimum Gasteiger partial charge on any atom is -0.453 e. The molecule has 0 N–H and O–H groups in total. The lowest BCUT2D eigenvalue weighted by atomic mass is 9.98. The van der Waals surface area contributed by atoms with E-state index in [1.165, 1.54) is 11.6 Å². The Labute approximate surface area is 116 Å². The number of hydrogen-bond donors (Lipinski definition) is 0. The van der Waals surface area contributed by atoms with Crippen LogP contribution in [0.25, 0.3) is 27.5 Å². The second kappa shape index (κ2) is 4.34.